The number of esters is 1. The van der Waals surface area contributed by atoms with Crippen LogP contribution in [0, 0.1) is 0 Å². The Morgan fingerprint density at radius 1 is 0.963 bits per heavy atom. The minimum atomic E-state index is -0.505. The van der Waals surface area contributed by atoms with Gasteiger partial charge in [-0.1, -0.05) is 72.3 Å². The van der Waals surface area contributed by atoms with E-state index >= 15 is 0 Å². The van der Waals surface area contributed by atoms with E-state index in [2.05, 4.69) is 10.2 Å². The third-order valence-electron chi connectivity index (χ3n) is 3.82. The zero-order chi connectivity index (χ0) is 19.1. The maximum atomic E-state index is 11.3. The Balaban J connectivity index is 2.07. The topological polar surface area (TPSA) is 64.4 Å². The standard InChI is InChI=1S/C21H18ClN3O2/c1-15(26)27-14-19(18-12-13-20(22)25-24-18)23-21(16-8-4-2-5-9-16)17-10-6-3-7-11-17/h2-13,19H,14H2,1H3. The molecule has 0 saturated heterocycles. The summed E-state index contributed by atoms with van der Waals surface area (Å²) in [5, 5.41) is 8.29. The zero-order valence-corrected chi connectivity index (χ0v) is 15.5. The highest BCUT2D eigenvalue weighted by Crippen LogP contribution is 2.21. The van der Waals surface area contributed by atoms with Gasteiger partial charge in [0.05, 0.1) is 11.4 Å². The van der Waals surface area contributed by atoms with Crippen molar-refractivity contribution in [3.05, 3.63) is 94.8 Å². The molecule has 0 saturated carbocycles. The molecule has 1 aromatic heterocycles. The van der Waals surface area contributed by atoms with E-state index < -0.39 is 6.04 Å². The van der Waals surface area contributed by atoms with Crippen LogP contribution in [0.3, 0.4) is 0 Å². The van der Waals surface area contributed by atoms with Crippen molar-refractivity contribution in [3.63, 3.8) is 0 Å². The van der Waals surface area contributed by atoms with Crippen molar-refractivity contribution < 1.29 is 9.53 Å². The molecule has 1 atom stereocenters. The second kappa shape index (κ2) is 9.05. The maximum Gasteiger partial charge on any atom is 0.302 e. The Hall–Kier alpha value is -3.05. The average molecular weight is 380 g/mol. The van der Waals surface area contributed by atoms with Gasteiger partial charge in [0.1, 0.15) is 12.6 Å². The molecule has 5 nitrogen and oxygen atoms in total. The molecule has 3 rings (SSSR count). The molecular formula is C21H18ClN3O2. The number of hydrogen-bond acceptors (Lipinski definition) is 5. The van der Waals surface area contributed by atoms with E-state index in [9.17, 15) is 4.79 Å². The molecule has 1 heterocycles. The zero-order valence-electron chi connectivity index (χ0n) is 14.7. The fourth-order valence-electron chi connectivity index (χ4n) is 2.55. The van der Waals surface area contributed by atoms with Gasteiger partial charge in [-0.05, 0) is 12.1 Å². The van der Waals surface area contributed by atoms with Crippen molar-refractivity contribution in [1.82, 2.24) is 10.2 Å². The molecule has 0 fully saturated rings. The van der Waals surface area contributed by atoms with Gasteiger partial charge < -0.3 is 4.74 Å². The van der Waals surface area contributed by atoms with Gasteiger partial charge in [0, 0.05) is 18.1 Å². The summed E-state index contributed by atoms with van der Waals surface area (Å²) in [4.78, 5) is 16.2. The Labute approximate surface area is 162 Å². The predicted molar refractivity (Wildman–Crippen MR) is 105 cm³/mol. The number of carbonyl (C=O) groups excluding carboxylic acids is 1. The monoisotopic (exact) mass is 379 g/mol. The number of nitrogens with zero attached hydrogens (tertiary/aromatic N) is 3. The van der Waals surface area contributed by atoms with Gasteiger partial charge in [0.25, 0.3) is 0 Å². The minimum Gasteiger partial charge on any atom is -0.463 e. The first-order valence-electron chi connectivity index (χ1n) is 8.44. The van der Waals surface area contributed by atoms with Crippen molar-refractivity contribution in [2.45, 2.75) is 13.0 Å². The van der Waals surface area contributed by atoms with Crippen molar-refractivity contribution in [3.8, 4) is 0 Å². The number of aromatic nitrogens is 2. The number of rotatable bonds is 6. The fraction of sp³-hybridized carbons (Fsp3) is 0.143. The molecule has 3 aromatic rings. The lowest BCUT2D eigenvalue weighted by Crippen LogP contribution is -2.14. The number of ether oxygens (including phenoxy) is 1. The molecule has 0 aliphatic rings. The van der Waals surface area contributed by atoms with Gasteiger partial charge in [-0.15, -0.1) is 5.10 Å². The third-order valence-corrected chi connectivity index (χ3v) is 4.02. The summed E-state index contributed by atoms with van der Waals surface area (Å²) in [7, 11) is 0. The Kier molecular flexibility index (Phi) is 6.28. The highest BCUT2D eigenvalue weighted by atomic mass is 35.5. The van der Waals surface area contributed by atoms with E-state index in [1.165, 1.54) is 6.92 Å². The lowest BCUT2D eigenvalue weighted by Gasteiger charge is -2.15. The number of benzene rings is 2. The quantitative estimate of drug-likeness (QED) is 0.474. The van der Waals surface area contributed by atoms with Crippen LogP contribution in [-0.4, -0.2) is 28.5 Å². The lowest BCUT2D eigenvalue weighted by atomic mass is 10.0. The fourth-order valence-corrected chi connectivity index (χ4v) is 2.65. The van der Waals surface area contributed by atoms with E-state index in [-0.39, 0.29) is 12.6 Å². The molecule has 0 bridgehead atoms. The number of halogens is 1. The van der Waals surface area contributed by atoms with Gasteiger partial charge in [-0.3, -0.25) is 9.79 Å². The number of aliphatic imine (C=N–C) groups is 1. The van der Waals surface area contributed by atoms with Gasteiger partial charge in [-0.2, -0.15) is 5.10 Å². The molecule has 6 heteroatoms. The molecule has 0 aliphatic heterocycles. The summed E-state index contributed by atoms with van der Waals surface area (Å²) in [5.41, 5.74) is 3.27. The van der Waals surface area contributed by atoms with Crippen LogP contribution in [0.2, 0.25) is 5.15 Å². The van der Waals surface area contributed by atoms with Crippen molar-refractivity contribution in [1.29, 1.82) is 0 Å². The summed E-state index contributed by atoms with van der Waals surface area (Å²) >= 11 is 5.85. The number of carbonyl (C=O) groups is 1. The predicted octanol–water partition coefficient (Wildman–Crippen LogP) is 4.27. The Morgan fingerprint density at radius 2 is 1.56 bits per heavy atom. The summed E-state index contributed by atoms with van der Waals surface area (Å²) in [6, 6.07) is 22.6. The third kappa shape index (κ3) is 5.21. The molecule has 2 aromatic carbocycles. The first-order chi connectivity index (χ1) is 13.1. The van der Waals surface area contributed by atoms with Gasteiger partial charge in [0.15, 0.2) is 5.15 Å². The lowest BCUT2D eigenvalue weighted by molar-refractivity contribution is -0.141. The van der Waals surface area contributed by atoms with Crippen LogP contribution in [0.25, 0.3) is 0 Å². The summed E-state index contributed by atoms with van der Waals surface area (Å²) in [6.45, 7) is 1.43. The van der Waals surface area contributed by atoms with Crippen LogP contribution < -0.4 is 0 Å². The molecule has 0 spiro atoms. The van der Waals surface area contributed by atoms with Crippen LogP contribution in [0.5, 0.6) is 0 Å². The maximum absolute atomic E-state index is 11.3. The van der Waals surface area contributed by atoms with E-state index in [0.717, 1.165) is 16.8 Å². The van der Waals surface area contributed by atoms with Gasteiger partial charge >= 0.3 is 5.97 Å². The SMILES string of the molecule is CC(=O)OCC(N=C(c1ccccc1)c1ccccc1)c1ccc(Cl)nn1. The molecule has 27 heavy (non-hydrogen) atoms. The molecule has 0 radical (unpaired) electrons. The Bertz CT molecular complexity index is 872. The van der Waals surface area contributed by atoms with Crippen LogP contribution in [0.1, 0.15) is 29.8 Å². The van der Waals surface area contributed by atoms with E-state index in [4.69, 9.17) is 21.3 Å². The molecular weight excluding hydrogens is 362 g/mol. The molecule has 0 N–H and O–H groups in total. The summed E-state index contributed by atoms with van der Waals surface area (Å²) < 4.78 is 5.21. The summed E-state index contributed by atoms with van der Waals surface area (Å²) in [5.74, 6) is -0.377. The minimum absolute atomic E-state index is 0.0643. The van der Waals surface area contributed by atoms with Crippen molar-refractivity contribution >= 4 is 23.3 Å². The molecule has 0 amide bonds. The molecule has 0 aliphatic carbocycles. The average Bonchev–Trinajstić information content (AvgIpc) is 2.70. The highest BCUT2D eigenvalue weighted by molar-refractivity contribution is 6.29. The normalized spacial score (nSPS) is 11.5. The Morgan fingerprint density at radius 3 is 2.04 bits per heavy atom. The van der Waals surface area contributed by atoms with Crippen LogP contribution in [0.4, 0.5) is 0 Å². The van der Waals surface area contributed by atoms with Gasteiger partial charge in [-0.25, -0.2) is 0 Å². The van der Waals surface area contributed by atoms with E-state index in [1.807, 2.05) is 60.7 Å². The number of hydrogen-bond donors (Lipinski definition) is 0. The van der Waals surface area contributed by atoms with E-state index in [1.54, 1.807) is 12.1 Å². The highest BCUT2D eigenvalue weighted by Gasteiger charge is 2.17. The summed E-state index contributed by atoms with van der Waals surface area (Å²) in [6.07, 6.45) is 0. The second-order valence-electron chi connectivity index (χ2n) is 5.81. The van der Waals surface area contributed by atoms with Crippen LogP contribution in [-0.2, 0) is 9.53 Å². The first-order valence-corrected chi connectivity index (χ1v) is 8.82. The first kappa shape index (κ1) is 18.7. The largest absolute Gasteiger partial charge is 0.463 e. The van der Waals surface area contributed by atoms with Gasteiger partial charge in [0.2, 0.25) is 0 Å². The second-order valence-corrected chi connectivity index (χ2v) is 6.20. The van der Waals surface area contributed by atoms with Crippen LogP contribution in [0.15, 0.2) is 77.8 Å². The van der Waals surface area contributed by atoms with Crippen molar-refractivity contribution in [2.24, 2.45) is 4.99 Å². The van der Waals surface area contributed by atoms with Crippen molar-refractivity contribution in [2.75, 3.05) is 6.61 Å². The molecule has 136 valence electrons. The smallest absolute Gasteiger partial charge is 0.302 e. The van der Waals surface area contributed by atoms with Crippen LogP contribution >= 0.6 is 11.6 Å². The van der Waals surface area contributed by atoms with E-state index in [0.29, 0.717) is 10.8 Å². The molecule has 1 unspecified atom stereocenters.